The number of alkyl halides is 3. The van der Waals surface area contributed by atoms with Crippen LogP contribution in [-0.2, 0) is 17.4 Å². The Bertz CT molecular complexity index is 1210. The van der Waals surface area contributed by atoms with Crippen molar-refractivity contribution in [3.8, 4) is 16.9 Å². The summed E-state index contributed by atoms with van der Waals surface area (Å²) in [6.07, 6.45) is -0.0770. The molecule has 0 saturated carbocycles. The first-order valence-electron chi connectivity index (χ1n) is 10.6. The van der Waals surface area contributed by atoms with E-state index in [-0.39, 0.29) is 11.4 Å². The Morgan fingerprint density at radius 2 is 1.84 bits per heavy atom. The van der Waals surface area contributed by atoms with E-state index in [9.17, 15) is 18.0 Å². The van der Waals surface area contributed by atoms with Crippen LogP contribution in [0.25, 0.3) is 22.0 Å². The summed E-state index contributed by atoms with van der Waals surface area (Å²) in [5, 5.41) is 1.03. The molecule has 1 atom stereocenters. The van der Waals surface area contributed by atoms with Gasteiger partial charge < -0.3 is 9.64 Å². The van der Waals surface area contributed by atoms with Crippen LogP contribution >= 0.6 is 11.6 Å². The van der Waals surface area contributed by atoms with Crippen LogP contribution in [0.15, 0.2) is 42.6 Å². The van der Waals surface area contributed by atoms with Crippen LogP contribution in [0.2, 0.25) is 5.02 Å². The van der Waals surface area contributed by atoms with Gasteiger partial charge in [0.25, 0.3) is 5.91 Å². The van der Waals surface area contributed by atoms with Gasteiger partial charge in [0.2, 0.25) is 0 Å². The number of amides is 1. The molecule has 166 valence electrons. The quantitative estimate of drug-likeness (QED) is 0.479. The number of carbonyl (C=O) groups is 1. The van der Waals surface area contributed by atoms with Gasteiger partial charge in [0, 0.05) is 47.2 Å². The summed E-state index contributed by atoms with van der Waals surface area (Å²) in [7, 11) is 0. The van der Waals surface area contributed by atoms with Crippen molar-refractivity contribution < 1.29 is 22.7 Å². The smallest absolute Gasteiger partial charge is 0.416 e. The van der Waals surface area contributed by atoms with Crippen LogP contribution in [0.5, 0.6) is 5.75 Å². The van der Waals surface area contributed by atoms with E-state index < -0.39 is 17.8 Å². The molecule has 1 unspecified atom stereocenters. The lowest BCUT2D eigenvalue weighted by atomic mass is 9.97. The first-order chi connectivity index (χ1) is 15.3. The molecule has 2 aliphatic rings. The first kappa shape index (κ1) is 21.1. The summed E-state index contributed by atoms with van der Waals surface area (Å²) < 4.78 is 45.6. The number of hydrogen-bond donors (Lipinski definition) is 0. The number of benzene rings is 2. The van der Waals surface area contributed by atoms with Gasteiger partial charge in [0.15, 0.2) is 6.10 Å². The van der Waals surface area contributed by atoms with Crippen molar-refractivity contribution in [2.75, 3.05) is 13.1 Å². The second-order valence-corrected chi connectivity index (χ2v) is 8.66. The molecule has 0 aliphatic carbocycles. The van der Waals surface area contributed by atoms with Crippen LogP contribution in [0.4, 0.5) is 13.2 Å². The summed E-state index contributed by atoms with van der Waals surface area (Å²) in [6.45, 7) is 1.47. The van der Waals surface area contributed by atoms with Gasteiger partial charge in [-0.1, -0.05) is 17.7 Å². The van der Waals surface area contributed by atoms with Crippen molar-refractivity contribution >= 4 is 28.4 Å². The molecule has 1 amide bonds. The van der Waals surface area contributed by atoms with Gasteiger partial charge in [-0.05, 0) is 55.2 Å². The summed E-state index contributed by atoms with van der Waals surface area (Å²) >= 11 is 6.38. The van der Waals surface area contributed by atoms with E-state index >= 15 is 0 Å². The second kappa shape index (κ2) is 7.96. The Kier molecular flexibility index (Phi) is 5.24. The average Bonchev–Trinajstić information content (AvgIpc) is 3.21. The molecule has 0 bridgehead atoms. The molecular weight excluding hydrogens is 441 g/mol. The lowest BCUT2D eigenvalue weighted by Gasteiger charge is -2.28. The van der Waals surface area contributed by atoms with E-state index in [0.717, 1.165) is 50.0 Å². The number of ether oxygens (including phenoxy) is 1. The molecule has 8 heteroatoms. The zero-order chi connectivity index (χ0) is 22.5. The third-order valence-electron chi connectivity index (χ3n) is 6.10. The third-order valence-corrected chi connectivity index (χ3v) is 6.32. The molecule has 0 spiro atoms. The predicted octanol–water partition coefficient (Wildman–Crippen LogP) is 5.89. The molecule has 2 aliphatic heterocycles. The molecular formula is C24H20ClF3N2O2. The molecule has 0 N–H and O–H groups in total. The first-order valence-corrected chi connectivity index (χ1v) is 10.9. The van der Waals surface area contributed by atoms with Gasteiger partial charge in [-0.15, -0.1) is 0 Å². The third kappa shape index (κ3) is 3.79. The molecule has 1 aromatic heterocycles. The van der Waals surface area contributed by atoms with Crippen molar-refractivity contribution in [2.45, 2.75) is 38.0 Å². The summed E-state index contributed by atoms with van der Waals surface area (Å²) in [5.41, 5.74) is 1.60. The minimum Gasteiger partial charge on any atom is -0.479 e. The second-order valence-electron chi connectivity index (χ2n) is 8.23. The molecule has 1 fully saturated rings. The number of aromatic nitrogens is 1. The molecule has 4 nitrogen and oxygen atoms in total. The molecule has 5 rings (SSSR count). The standard InChI is InChI=1S/C24H20ClF3N2O2/c25-16-10-14-11-21(23(31)30-8-2-1-3-9-30)32-22(14)19(13-16)17-6-7-29-20-12-15(24(26,27)28)4-5-18(17)20/h4-7,10,12-13,21H,1-3,8-9,11H2. The van der Waals surface area contributed by atoms with Crippen LogP contribution in [0, 0.1) is 0 Å². The van der Waals surface area contributed by atoms with Gasteiger partial charge in [0.05, 0.1) is 11.1 Å². The van der Waals surface area contributed by atoms with E-state index in [2.05, 4.69) is 4.98 Å². The van der Waals surface area contributed by atoms with Crippen LogP contribution in [-0.4, -0.2) is 35.0 Å². The fourth-order valence-electron chi connectivity index (χ4n) is 4.54. The molecule has 2 aromatic carbocycles. The van der Waals surface area contributed by atoms with E-state index in [0.29, 0.717) is 33.7 Å². The minimum absolute atomic E-state index is 0.0302. The van der Waals surface area contributed by atoms with Crippen molar-refractivity contribution in [3.05, 3.63) is 58.7 Å². The largest absolute Gasteiger partial charge is 0.479 e. The van der Waals surface area contributed by atoms with Gasteiger partial charge >= 0.3 is 6.18 Å². The van der Waals surface area contributed by atoms with Crippen LogP contribution in [0.3, 0.4) is 0 Å². The van der Waals surface area contributed by atoms with Gasteiger partial charge in [-0.2, -0.15) is 13.2 Å². The van der Waals surface area contributed by atoms with Gasteiger partial charge in [-0.25, -0.2) is 0 Å². The van der Waals surface area contributed by atoms with Crippen molar-refractivity contribution in [1.29, 1.82) is 0 Å². The average molecular weight is 461 g/mol. The number of nitrogens with zero attached hydrogens (tertiary/aromatic N) is 2. The maximum absolute atomic E-state index is 13.1. The lowest BCUT2D eigenvalue weighted by Crippen LogP contribution is -2.43. The Labute approximate surface area is 187 Å². The van der Waals surface area contributed by atoms with E-state index in [1.165, 1.54) is 12.3 Å². The fraction of sp³-hybridized carbons (Fsp3) is 0.333. The Hall–Kier alpha value is -2.80. The number of likely N-dealkylation sites (tertiary alicyclic amines) is 1. The summed E-state index contributed by atoms with van der Waals surface area (Å²) in [5.74, 6) is 0.523. The highest BCUT2D eigenvalue weighted by molar-refractivity contribution is 6.31. The van der Waals surface area contributed by atoms with Crippen molar-refractivity contribution in [3.63, 3.8) is 0 Å². The predicted molar refractivity (Wildman–Crippen MR) is 116 cm³/mol. The number of piperidine rings is 1. The van der Waals surface area contributed by atoms with Gasteiger partial charge in [-0.3, -0.25) is 9.78 Å². The minimum atomic E-state index is -4.45. The van der Waals surface area contributed by atoms with E-state index in [1.807, 2.05) is 4.90 Å². The zero-order valence-corrected chi connectivity index (χ0v) is 17.8. The normalized spacial score (nSPS) is 18.5. The number of halogens is 4. The number of carbonyl (C=O) groups excluding carboxylic acids is 1. The van der Waals surface area contributed by atoms with Gasteiger partial charge in [0.1, 0.15) is 5.75 Å². The molecule has 3 heterocycles. The number of fused-ring (bicyclic) bond motifs is 2. The number of hydrogen-bond acceptors (Lipinski definition) is 3. The molecule has 0 radical (unpaired) electrons. The monoisotopic (exact) mass is 460 g/mol. The Balaban J connectivity index is 1.54. The maximum atomic E-state index is 13.1. The number of rotatable bonds is 2. The highest BCUT2D eigenvalue weighted by Gasteiger charge is 2.35. The SMILES string of the molecule is O=C(C1Cc2cc(Cl)cc(-c3ccnc4cc(C(F)(F)F)ccc34)c2O1)N1CCCCC1. The Morgan fingerprint density at radius 1 is 1.06 bits per heavy atom. The van der Waals surface area contributed by atoms with Crippen molar-refractivity contribution in [2.24, 2.45) is 0 Å². The zero-order valence-electron chi connectivity index (χ0n) is 17.1. The maximum Gasteiger partial charge on any atom is 0.416 e. The van der Waals surface area contributed by atoms with Crippen LogP contribution < -0.4 is 4.74 Å². The highest BCUT2D eigenvalue weighted by atomic mass is 35.5. The summed E-state index contributed by atoms with van der Waals surface area (Å²) in [4.78, 5) is 19.0. The van der Waals surface area contributed by atoms with Crippen LogP contribution in [0.1, 0.15) is 30.4 Å². The fourth-order valence-corrected chi connectivity index (χ4v) is 4.78. The highest BCUT2D eigenvalue weighted by Crippen LogP contribution is 2.44. The topological polar surface area (TPSA) is 42.4 Å². The Morgan fingerprint density at radius 3 is 2.59 bits per heavy atom. The molecule has 1 saturated heterocycles. The number of pyridine rings is 1. The molecule has 3 aromatic rings. The van der Waals surface area contributed by atoms with Crippen molar-refractivity contribution in [1.82, 2.24) is 9.88 Å². The lowest BCUT2D eigenvalue weighted by molar-refractivity contribution is -0.139. The van der Waals surface area contributed by atoms with E-state index in [4.69, 9.17) is 16.3 Å². The van der Waals surface area contributed by atoms with E-state index in [1.54, 1.807) is 18.2 Å². The summed E-state index contributed by atoms with van der Waals surface area (Å²) in [6, 6.07) is 8.73. The molecule has 32 heavy (non-hydrogen) atoms.